The molecule has 3 fully saturated rings. The number of hydroxylamine groups is 2. The van der Waals surface area contributed by atoms with Crippen LogP contribution in [0, 0.1) is 5.92 Å². The number of hydrogen-bond acceptors (Lipinski definition) is 7. The first-order chi connectivity index (χ1) is 16.5. The second kappa shape index (κ2) is 10.2. The minimum absolute atomic E-state index is 0.0605. The molecule has 4 heterocycles. The number of benzene rings is 2. The molecule has 2 unspecified atom stereocenters. The molecule has 34 heavy (non-hydrogen) atoms. The molecule has 2 bridgehead atoms. The molecule has 4 aliphatic heterocycles. The summed E-state index contributed by atoms with van der Waals surface area (Å²) in [5.74, 6) is 0.210. The molecule has 0 radical (unpaired) electrons. The SMILES string of the molecule is O=C(COc1ccc(Cl)cc1Cl)ON1OC(c2ccccc2)C(Cl)=C1OC1CN2CCC1CC2. The quantitative estimate of drug-likeness (QED) is 0.484. The van der Waals surface area contributed by atoms with Crippen LogP contribution >= 0.6 is 34.8 Å². The fourth-order valence-corrected chi connectivity index (χ4v) is 5.16. The average Bonchev–Trinajstić information content (AvgIpc) is 3.14. The lowest BCUT2D eigenvalue weighted by Gasteiger charge is -2.44. The Bertz CT molecular complexity index is 1080. The normalized spacial score (nSPS) is 26.0. The number of carbonyl (C=O) groups is 1. The maximum Gasteiger partial charge on any atom is 0.372 e. The largest absolute Gasteiger partial charge is 0.480 e. The monoisotopic (exact) mass is 524 g/mol. The summed E-state index contributed by atoms with van der Waals surface area (Å²) in [6.45, 7) is 2.55. The van der Waals surface area contributed by atoms with Gasteiger partial charge in [0.15, 0.2) is 12.7 Å². The van der Waals surface area contributed by atoms with E-state index in [0.717, 1.165) is 43.3 Å². The van der Waals surface area contributed by atoms with E-state index in [9.17, 15) is 4.79 Å². The molecule has 180 valence electrons. The summed E-state index contributed by atoms with van der Waals surface area (Å²) in [5, 5.41) is 2.03. The second-order valence-electron chi connectivity index (χ2n) is 8.43. The highest BCUT2D eigenvalue weighted by atomic mass is 35.5. The van der Waals surface area contributed by atoms with E-state index in [2.05, 4.69) is 4.90 Å². The number of carbonyl (C=O) groups excluding carboxylic acids is 1. The minimum Gasteiger partial charge on any atom is -0.480 e. The van der Waals surface area contributed by atoms with Crippen LogP contribution in [0.1, 0.15) is 24.5 Å². The lowest BCUT2D eigenvalue weighted by Crippen LogP contribution is -2.51. The minimum atomic E-state index is -0.709. The van der Waals surface area contributed by atoms with Crippen LogP contribution in [0.3, 0.4) is 0 Å². The van der Waals surface area contributed by atoms with Crippen LogP contribution in [0.15, 0.2) is 59.4 Å². The molecule has 0 spiro atoms. The Morgan fingerprint density at radius 1 is 1.06 bits per heavy atom. The zero-order valence-corrected chi connectivity index (χ0v) is 20.4. The molecule has 0 aliphatic carbocycles. The fourth-order valence-electron chi connectivity index (χ4n) is 4.42. The number of fused-ring (bicyclic) bond motifs is 3. The van der Waals surface area contributed by atoms with Gasteiger partial charge in [-0.05, 0) is 60.8 Å². The Morgan fingerprint density at radius 3 is 2.50 bits per heavy atom. The highest BCUT2D eigenvalue weighted by Gasteiger charge is 2.42. The Labute approximate surface area is 212 Å². The Kier molecular flexibility index (Phi) is 7.09. The topological polar surface area (TPSA) is 60.5 Å². The van der Waals surface area contributed by atoms with E-state index < -0.39 is 18.7 Å². The number of rotatable bonds is 7. The maximum atomic E-state index is 12.6. The van der Waals surface area contributed by atoms with Gasteiger partial charge in [-0.1, -0.05) is 65.1 Å². The second-order valence-corrected chi connectivity index (χ2v) is 9.68. The molecule has 7 nitrogen and oxygen atoms in total. The number of piperidine rings is 3. The van der Waals surface area contributed by atoms with Gasteiger partial charge >= 0.3 is 5.97 Å². The van der Waals surface area contributed by atoms with Crippen LogP contribution < -0.4 is 4.74 Å². The third-order valence-electron chi connectivity index (χ3n) is 6.19. The summed E-state index contributed by atoms with van der Waals surface area (Å²) in [5.41, 5.74) is 0.810. The smallest absolute Gasteiger partial charge is 0.372 e. The zero-order chi connectivity index (χ0) is 23.7. The van der Waals surface area contributed by atoms with Crippen LogP contribution in [-0.2, 0) is 19.2 Å². The van der Waals surface area contributed by atoms with Crippen molar-refractivity contribution in [3.63, 3.8) is 0 Å². The van der Waals surface area contributed by atoms with Gasteiger partial charge < -0.3 is 14.3 Å². The first kappa shape index (κ1) is 23.6. The van der Waals surface area contributed by atoms with Crippen molar-refractivity contribution in [1.82, 2.24) is 10.1 Å². The molecule has 2 aromatic rings. The predicted molar refractivity (Wildman–Crippen MR) is 127 cm³/mol. The standard InChI is InChI=1S/C24H23Cl3N2O5/c25-17-6-7-19(18(26)12-17)31-14-21(30)33-29-24(32-20-13-28-10-8-15(20)9-11-28)22(27)23(34-29)16-4-2-1-3-5-16/h1-7,12,15,20,23H,8-11,13-14H2. The highest BCUT2D eigenvalue weighted by Crippen LogP contribution is 2.42. The lowest BCUT2D eigenvalue weighted by atomic mass is 9.86. The van der Waals surface area contributed by atoms with Gasteiger partial charge in [-0.25, -0.2) is 9.63 Å². The Morgan fingerprint density at radius 2 is 1.82 bits per heavy atom. The Hall–Kier alpha value is -2.16. The van der Waals surface area contributed by atoms with Gasteiger partial charge in [-0.3, -0.25) is 4.90 Å². The molecule has 6 rings (SSSR count). The molecule has 0 aromatic heterocycles. The van der Waals surface area contributed by atoms with Crippen molar-refractivity contribution in [2.75, 3.05) is 26.2 Å². The van der Waals surface area contributed by atoms with Gasteiger partial charge in [-0.15, -0.1) is 0 Å². The molecule has 0 N–H and O–H groups in total. The number of halogens is 3. The van der Waals surface area contributed by atoms with Crippen molar-refractivity contribution in [3.05, 3.63) is 75.1 Å². The van der Waals surface area contributed by atoms with Crippen molar-refractivity contribution in [3.8, 4) is 5.75 Å². The molecular formula is C24H23Cl3N2O5. The zero-order valence-electron chi connectivity index (χ0n) is 18.2. The van der Waals surface area contributed by atoms with Crippen molar-refractivity contribution >= 4 is 40.8 Å². The molecule has 3 saturated heterocycles. The summed E-state index contributed by atoms with van der Waals surface area (Å²) in [7, 11) is 0. The highest BCUT2D eigenvalue weighted by molar-refractivity contribution is 6.35. The van der Waals surface area contributed by atoms with Crippen molar-refractivity contribution in [2.24, 2.45) is 5.92 Å². The van der Waals surface area contributed by atoms with Crippen molar-refractivity contribution in [1.29, 1.82) is 0 Å². The summed E-state index contributed by atoms with van der Waals surface area (Å²) in [6.07, 6.45) is 1.41. The first-order valence-corrected chi connectivity index (χ1v) is 12.2. The third-order valence-corrected chi connectivity index (χ3v) is 7.08. The van der Waals surface area contributed by atoms with E-state index in [1.165, 1.54) is 6.07 Å². The van der Waals surface area contributed by atoms with E-state index in [1.807, 2.05) is 30.3 Å². The van der Waals surface area contributed by atoms with Crippen LogP contribution in [0.4, 0.5) is 0 Å². The van der Waals surface area contributed by atoms with Gasteiger partial charge in [-0.2, -0.15) is 0 Å². The predicted octanol–water partition coefficient (Wildman–Crippen LogP) is 5.34. The van der Waals surface area contributed by atoms with E-state index >= 15 is 0 Å². The molecule has 2 aromatic carbocycles. The lowest BCUT2D eigenvalue weighted by molar-refractivity contribution is -0.345. The van der Waals surface area contributed by atoms with E-state index in [4.69, 9.17) is 54.0 Å². The summed E-state index contributed by atoms with van der Waals surface area (Å²) < 4.78 is 11.8. The molecule has 10 heteroatoms. The van der Waals surface area contributed by atoms with Crippen LogP contribution in [-0.4, -0.2) is 48.4 Å². The van der Waals surface area contributed by atoms with Gasteiger partial charge in [0.25, 0.3) is 5.88 Å². The fraction of sp³-hybridized carbons (Fsp3) is 0.375. The third kappa shape index (κ3) is 5.09. The van der Waals surface area contributed by atoms with Crippen LogP contribution in [0.2, 0.25) is 10.0 Å². The van der Waals surface area contributed by atoms with Crippen molar-refractivity contribution < 1.29 is 23.9 Å². The van der Waals surface area contributed by atoms with Gasteiger partial charge in [0.1, 0.15) is 16.9 Å². The summed E-state index contributed by atoms with van der Waals surface area (Å²) in [4.78, 5) is 26.3. The van der Waals surface area contributed by atoms with Crippen LogP contribution in [0.25, 0.3) is 0 Å². The summed E-state index contributed by atoms with van der Waals surface area (Å²) >= 11 is 18.7. The Balaban J connectivity index is 1.30. The molecular weight excluding hydrogens is 503 g/mol. The molecule has 4 aliphatic rings. The van der Waals surface area contributed by atoms with E-state index in [0.29, 0.717) is 21.7 Å². The molecule has 0 amide bonds. The van der Waals surface area contributed by atoms with E-state index in [1.54, 1.807) is 12.1 Å². The number of nitrogens with zero attached hydrogens (tertiary/aromatic N) is 2. The van der Waals surface area contributed by atoms with Gasteiger partial charge in [0.05, 0.1) is 5.02 Å². The van der Waals surface area contributed by atoms with Crippen LogP contribution in [0.5, 0.6) is 5.75 Å². The number of hydrogen-bond donors (Lipinski definition) is 0. The van der Waals surface area contributed by atoms with Gasteiger partial charge in [0, 0.05) is 11.6 Å². The number of ether oxygens (including phenoxy) is 2. The average molecular weight is 526 g/mol. The first-order valence-electron chi connectivity index (χ1n) is 11.1. The maximum absolute atomic E-state index is 12.6. The van der Waals surface area contributed by atoms with Crippen molar-refractivity contribution in [2.45, 2.75) is 25.0 Å². The molecule has 2 atom stereocenters. The summed E-state index contributed by atoms with van der Waals surface area (Å²) in [6, 6.07) is 14.2. The molecule has 0 saturated carbocycles. The van der Waals surface area contributed by atoms with E-state index in [-0.39, 0.29) is 17.0 Å². The van der Waals surface area contributed by atoms with Gasteiger partial charge in [0.2, 0.25) is 0 Å².